The molecule has 2 saturated carbocycles. The summed E-state index contributed by atoms with van der Waals surface area (Å²) in [6, 6.07) is 0. The molecule has 0 aromatic heterocycles. The van der Waals surface area contributed by atoms with E-state index in [0.717, 1.165) is 32.1 Å². The van der Waals surface area contributed by atoms with Gasteiger partial charge in [-0.2, -0.15) is 0 Å². The minimum Gasteiger partial charge on any atom is -0.393 e. The second-order valence-corrected chi connectivity index (χ2v) is 5.20. The van der Waals surface area contributed by atoms with Crippen molar-refractivity contribution in [3.05, 3.63) is 12.2 Å². The minimum atomic E-state index is -0.584. The van der Waals surface area contributed by atoms with Gasteiger partial charge in [0.15, 0.2) is 0 Å². The molecular formula is C12H20O2. The maximum atomic E-state index is 10.2. The van der Waals surface area contributed by atoms with Gasteiger partial charge in [-0.1, -0.05) is 12.2 Å². The SMILES string of the molecule is C=C1CCC(O)C[C@H]2[C@@H]1CC[C@@]2(C)O. The van der Waals surface area contributed by atoms with Crippen LogP contribution in [0.15, 0.2) is 12.2 Å². The van der Waals surface area contributed by atoms with Crippen LogP contribution in [0.2, 0.25) is 0 Å². The molecule has 0 spiro atoms. The van der Waals surface area contributed by atoms with E-state index in [1.165, 1.54) is 5.57 Å². The van der Waals surface area contributed by atoms with E-state index in [4.69, 9.17) is 0 Å². The van der Waals surface area contributed by atoms with Crippen molar-refractivity contribution in [1.29, 1.82) is 0 Å². The fourth-order valence-corrected chi connectivity index (χ4v) is 3.12. The molecule has 0 bridgehead atoms. The molecule has 2 nitrogen and oxygen atoms in total. The highest BCUT2D eigenvalue weighted by atomic mass is 16.3. The van der Waals surface area contributed by atoms with Gasteiger partial charge in [0.05, 0.1) is 11.7 Å². The van der Waals surface area contributed by atoms with Crippen molar-refractivity contribution in [2.45, 2.75) is 50.7 Å². The quantitative estimate of drug-likeness (QED) is 0.581. The summed E-state index contributed by atoms with van der Waals surface area (Å²) in [5.41, 5.74) is 0.656. The maximum absolute atomic E-state index is 10.2. The molecule has 2 fully saturated rings. The molecule has 14 heavy (non-hydrogen) atoms. The first kappa shape index (κ1) is 10.2. The Labute approximate surface area is 85.6 Å². The van der Waals surface area contributed by atoms with Crippen LogP contribution in [0.3, 0.4) is 0 Å². The number of allylic oxidation sites excluding steroid dienone is 1. The zero-order valence-electron chi connectivity index (χ0n) is 8.87. The van der Waals surface area contributed by atoms with Gasteiger partial charge < -0.3 is 10.2 Å². The molecule has 0 radical (unpaired) electrons. The van der Waals surface area contributed by atoms with Crippen LogP contribution in [0, 0.1) is 11.8 Å². The molecule has 4 atom stereocenters. The summed E-state index contributed by atoms with van der Waals surface area (Å²) in [5.74, 6) is 0.676. The summed E-state index contributed by atoms with van der Waals surface area (Å²) in [4.78, 5) is 0. The molecule has 0 heterocycles. The van der Waals surface area contributed by atoms with Crippen molar-refractivity contribution < 1.29 is 10.2 Å². The predicted octanol–water partition coefficient (Wildman–Crippen LogP) is 1.86. The van der Waals surface area contributed by atoms with E-state index < -0.39 is 5.60 Å². The Morgan fingerprint density at radius 1 is 1.43 bits per heavy atom. The molecule has 2 heteroatoms. The Hall–Kier alpha value is -0.340. The first-order valence-electron chi connectivity index (χ1n) is 5.59. The van der Waals surface area contributed by atoms with Crippen LogP contribution in [0.4, 0.5) is 0 Å². The molecule has 2 N–H and O–H groups in total. The van der Waals surface area contributed by atoms with Crippen LogP contribution in [-0.2, 0) is 0 Å². The average molecular weight is 196 g/mol. The lowest BCUT2D eigenvalue weighted by molar-refractivity contribution is -0.00654. The van der Waals surface area contributed by atoms with Gasteiger partial charge in [-0.3, -0.25) is 0 Å². The van der Waals surface area contributed by atoms with Gasteiger partial charge in [0.25, 0.3) is 0 Å². The standard InChI is InChI=1S/C12H20O2/c1-8-3-4-9(13)7-11-10(8)5-6-12(11,2)14/h9-11,13-14H,1,3-7H2,2H3/t9?,10-,11+,12-/m1/s1. The van der Waals surface area contributed by atoms with Crippen LogP contribution in [0.25, 0.3) is 0 Å². The Balaban J connectivity index is 2.22. The number of hydrogen-bond donors (Lipinski definition) is 2. The van der Waals surface area contributed by atoms with Crippen LogP contribution < -0.4 is 0 Å². The fourth-order valence-electron chi connectivity index (χ4n) is 3.12. The molecule has 0 aromatic carbocycles. The van der Waals surface area contributed by atoms with E-state index in [1.807, 2.05) is 6.92 Å². The van der Waals surface area contributed by atoms with Crippen molar-refractivity contribution in [3.63, 3.8) is 0 Å². The lowest BCUT2D eigenvalue weighted by atomic mass is 9.82. The van der Waals surface area contributed by atoms with E-state index in [0.29, 0.717) is 5.92 Å². The smallest absolute Gasteiger partial charge is 0.0654 e. The third-order valence-corrected chi connectivity index (χ3v) is 4.10. The van der Waals surface area contributed by atoms with Crippen LogP contribution in [-0.4, -0.2) is 21.9 Å². The predicted molar refractivity (Wildman–Crippen MR) is 55.8 cm³/mol. The number of fused-ring (bicyclic) bond motifs is 1. The molecule has 0 aliphatic heterocycles. The number of aliphatic hydroxyl groups is 2. The Kier molecular flexibility index (Phi) is 2.44. The second kappa shape index (κ2) is 3.35. The third-order valence-electron chi connectivity index (χ3n) is 4.10. The lowest BCUT2D eigenvalue weighted by Gasteiger charge is -2.29. The second-order valence-electron chi connectivity index (χ2n) is 5.20. The van der Waals surface area contributed by atoms with E-state index in [-0.39, 0.29) is 12.0 Å². The van der Waals surface area contributed by atoms with Gasteiger partial charge in [0, 0.05) is 0 Å². The summed E-state index contributed by atoms with van der Waals surface area (Å²) >= 11 is 0. The topological polar surface area (TPSA) is 40.5 Å². The van der Waals surface area contributed by atoms with Crippen LogP contribution >= 0.6 is 0 Å². The van der Waals surface area contributed by atoms with E-state index in [2.05, 4.69) is 6.58 Å². The molecular weight excluding hydrogens is 176 g/mol. The van der Waals surface area contributed by atoms with Gasteiger partial charge in [-0.15, -0.1) is 0 Å². The van der Waals surface area contributed by atoms with Gasteiger partial charge in [0.1, 0.15) is 0 Å². The molecule has 80 valence electrons. The van der Waals surface area contributed by atoms with Crippen molar-refractivity contribution >= 4 is 0 Å². The lowest BCUT2D eigenvalue weighted by Crippen LogP contribution is -2.33. The number of hydrogen-bond acceptors (Lipinski definition) is 2. The molecule has 2 aliphatic rings. The zero-order valence-corrected chi connectivity index (χ0v) is 8.87. The van der Waals surface area contributed by atoms with Crippen LogP contribution in [0.5, 0.6) is 0 Å². The Bertz CT molecular complexity index is 245. The van der Waals surface area contributed by atoms with E-state index >= 15 is 0 Å². The normalized spacial score (nSPS) is 48.8. The highest BCUT2D eigenvalue weighted by Gasteiger charge is 2.46. The summed E-state index contributed by atoms with van der Waals surface area (Å²) in [6.45, 7) is 6.00. The van der Waals surface area contributed by atoms with Gasteiger partial charge in [-0.25, -0.2) is 0 Å². The largest absolute Gasteiger partial charge is 0.393 e. The van der Waals surface area contributed by atoms with Crippen molar-refractivity contribution in [3.8, 4) is 0 Å². The van der Waals surface area contributed by atoms with Crippen molar-refractivity contribution in [2.24, 2.45) is 11.8 Å². The van der Waals surface area contributed by atoms with E-state index in [9.17, 15) is 10.2 Å². The average Bonchev–Trinajstić information content (AvgIpc) is 2.29. The zero-order chi connectivity index (χ0) is 10.3. The summed E-state index contributed by atoms with van der Waals surface area (Å²) in [6.07, 6.45) is 4.15. The molecule has 0 saturated heterocycles. The molecule has 0 amide bonds. The highest BCUT2D eigenvalue weighted by molar-refractivity contribution is 5.12. The van der Waals surface area contributed by atoms with Crippen molar-refractivity contribution in [2.75, 3.05) is 0 Å². The summed E-state index contributed by atoms with van der Waals surface area (Å²) in [7, 11) is 0. The summed E-state index contributed by atoms with van der Waals surface area (Å²) in [5, 5.41) is 19.9. The molecule has 2 rings (SSSR count). The summed E-state index contributed by atoms with van der Waals surface area (Å²) < 4.78 is 0. The number of rotatable bonds is 0. The monoisotopic (exact) mass is 196 g/mol. The Morgan fingerprint density at radius 3 is 2.86 bits per heavy atom. The highest BCUT2D eigenvalue weighted by Crippen LogP contribution is 2.48. The van der Waals surface area contributed by atoms with Crippen LogP contribution in [0.1, 0.15) is 39.0 Å². The van der Waals surface area contributed by atoms with Gasteiger partial charge >= 0.3 is 0 Å². The van der Waals surface area contributed by atoms with E-state index in [1.54, 1.807) is 0 Å². The third kappa shape index (κ3) is 1.61. The van der Waals surface area contributed by atoms with Crippen molar-refractivity contribution in [1.82, 2.24) is 0 Å². The maximum Gasteiger partial charge on any atom is 0.0654 e. The first-order chi connectivity index (χ1) is 6.50. The Morgan fingerprint density at radius 2 is 2.14 bits per heavy atom. The van der Waals surface area contributed by atoms with Gasteiger partial charge in [0.2, 0.25) is 0 Å². The minimum absolute atomic E-state index is 0.229. The number of aliphatic hydroxyl groups excluding tert-OH is 1. The molecule has 0 aromatic rings. The molecule has 2 aliphatic carbocycles. The van der Waals surface area contributed by atoms with Gasteiger partial charge in [-0.05, 0) is 50.9 Å². The first-order valence-corrected chi connectivity index (χ1v) is 5.59. The molecule has 1 unspecified atom stereocenters. The fraction of sp³-hybridized carbons (Fsp3) is 0.833.